The number of fused-ring (bicyclic) bond motifs is 1. The maximum Gasteiger partial charge on any atom is 0.270 e. The predicted molar refractivity (Wildman–Crippen MR) is 134 cm³/mol. The fourth-order valence-electron chi connectivity index (χ4n) is 3.86. The molecule has 1 aromatic heterocycles. The van der Waals surface area contributed by atoms with Crippen LogP contribution in [-0.4, -0.2) is 14.8 Å². The van der Waals surface area contributed by atoms with Crippen molar-refractivity contribution in [2.45, 2.75) is 13.5 Å². The predicted octanol–water partition coefficient (Wildman–Crippen LogP) is 6.54. The molecule has 0 spiro atoms. The van der Waals surface area contributed by atoms with E-state index < -0.39 is 5.82 Å². The number of hydrogen-bond acceptors (Lipinski definition) is 3. The molecule has 0 unspecified atom stereocenters. The molecule has 3 aromatic carbocycles. The van der Waals surface area contributed by atoms with E-state index in [1.54, 1.807) is 12.1 Å². The summed E-state index contributed by atoms with van der Waals surface area (Å²) < 4.78 is 16.3. The van der Waals surface area contributed by atoms with E-state index in [1.165, 1.54) is 39.9 Å². The molecule has 0 radical (unpaired) electrons. The van der Waals surface area contributed by atoms with Gasteiger partial charge in [0.2, 0.25) is 0 Å². The van der Waals surface area contributed by atoms with Crippen LogP contribution in [0.3, 0.4) is 0 Å². The third kappa shape index (κ3) is 3.87. The van der Waals surface area contributed by atoms with Gasteiger partial charge >= 0.3 is 0 Å². The lowest BCUT2D eigenvalue weighted by Gasteiger charge is -2.14. The molecular formula is C26H19FN2OS2. The molecule has 1 amide bonds. The van der Waals surface area contributed by atoms with Gasteiger partial charge in [0, 0.05) is 29.2 Å². The first-order valence-electron chi connectivity index (χ1n) is 10.2. The van der Waals surface area contributed by atoms with Crippen molar-refractivity contribution in [3.8, 4) is 0 Å². The lowest BCUT2D eigenvalue weighted by Crippen LogP contribution is -2.27. The Morgan fingerprint density at radius 3 is 2.59 bits per heavy atom. The van der Waals surface area contributed by atoms with Crippen molar-refractivity contribution in [3.63, 3.8) is 0 Å². The van der Waals surface area contributed by atoms with Gasteiger partial charge in [0.05, 0.1) is 10.6 Å². The van der Waals surface area contributed by atoms with Gasteiger partial charge in [-0.2, -0.15) is 0 Å². The number of aryl methyl sites for hydroxylation is 1. The maximum atomic E-state index is 13.7. The van der Waals surface area contributed by atoms with E-state index in [9.17, 15) is 9.18 Å². The minimum Gasteiger partial charge on any atom is -0.342 e. The fraction of sp³-hybridized carbons (Fsp3) is 0.0769. The third-order valence-electron chi connectivity index (χ3n) is 5.44. The number of anilines is 1. The molecule has 1 fully saturated rings. The molecule has 4 aromatic rings. The highest BCUT2D eigenvalue weighted by molar-refractivity contribution is 8.27. The van der Waals surface area contributed by atoms with Crippen molar-refractivity contribution in [2.24, 2.45) is 0 Å². The van der Waals surface area contributed by atoms with Crippen LogP contribution in [0.1, 0.15) is 16.7 Å². The number of thioether (sulfide) groups is 1. The van der Waals surface area contributed by atoms with E-state index in [-0.39, 0.29) is 5.91 Å². The van der Waals surface area contributed by atoms with Crippen LogP contribution in [0.25, 0.3) is 17.0 Å². The summed E-state index contributed by atoms with van der Waals surface area (Å²) >= 11 is 6.67. The average molecular weight is 459 g/mol. The molecule has 6 heteroatoms. The van der Waals surface area contributed by atoms with E-state index in [0.29, 0.717) is 14.9 Å². The van der Waals surface area contributed by atoms with Crippen LogP contribution in [0, 0.1) is 12.7 Å². The van der Waals surface area contributed by atoms with Gasteiger partial charge < -0.3 is 4.57 Å². The summed E-state index contributed by atoms with van der Waals surface area (Å²) in [4.78, 5) is 15.0. The fourth-order valence-corrected chi connectivity index (χ4v) is 5.15. The number of hydrogen-bond donors (Lipinski definition) is 0. The van der Waals surface area contributed by atoms with E-state index in [1.807, 2.05) is 18.2 Å². The molecule has 0 aliphatic carbocycles. The molecule has 0 saturated carbocycles. The van der Waals surface area contributed by atoms with Crippen molar-refractivity contribution < 1.29 is 9.18 Å². The maximum absolute atomic E-state index is 13.7. The zero-order valence-electron chi connectivity index (χ0n) is 17.3. The molecule has 2 heterocycles. The SMILES string of the molecule is Cc1ccc(Cn2cc(/C=C3/SC(=S)N(c4cccc(F)c4)C3=O)c3ccccc32)cc1. The monoisotopic (exact) mass is 458 g/mol. The summed E-state index contributed by atoms with van der Waals surface area (Å²) in [6.45, 7) is 2.81. The van der Waals surface area contributed by atoms with Crippen molar-refractivity contribution in [1.29, 1.82) is 0 Å². The molecule has 32 heavy (non-hydrogen) atoms. The van der Waals surface area contributed by atoms with Crippen LogP contribution < -0.4 is 4.90 Å². The quantitative estimate of drug-likeness (QED) is 0.256. The number of halogens is 1. The highest BCUT2D eigenvalue weighted by Gasteiger charge is 2.33. The Morgan fingerprint density at radius 1 is 1.03 bits per heavy atom. The summed E-state index contributed by atoms with van der Waals surface area (Å²) in [5, 5.41) is 1.07. The number of para-hydroxylation sites is 1. The Morgan fingerprint density at radius 2 is 1.81 bits per heavy atom. The molecule has 1 aliphatic rings. The van der Waals surface area contributed by atoms with Crippen LogP contribution in [0.2, 0.25) is 0 Å². The minimum absolute atomic E-state index is 0.235. The number of amides is 1. The summed E-state index contributed by atoms with van der Waals surface area (Å²) in [6.07, 6.45) is 3.95. The van der Waals surface area contributed by atoms with Crippen LogP contribution in [0.5, 0.6) is 0 Å². The number of aromatic nitrogens is 1. The van der Waals surface area contributed by atoms with E-state index >= 15 is 0 Å². The second-order valence-corrected chi connectivity index (χ2v) is 9.39. The summed E-state index contributed by atoms with van der Waals surface area (Å²) in [5.74, 6) is -0.638. The van der Waals surface area contributed by atoms with E-state index in [4.69, 9.17) is 12.2 Å². The van der Waals surface area contributed by atoms with Gasteiger partial charge in [-0.15, -0.1) is 0 Å². The number of benzene rings is 3. The van der Waals surface area contributed by atoms with Gasteiger partial charge in [0.1, 0.15) is 5.82 Å². The molecule has 3 nitrogen and oxygen atoms in total. The molecule has 5 rings (SSSR count). The zero-order valence-corrected chi connectivity index (χ0v) is 18.9. The van der Waals surface area contributed by atoms with Gasteiger partial charge in [-0.25, -0.2) is 4.39 Å². The average Bonchev–Trinajstić information content (AvgIpc) is 3.26. The van der Waals surface area contributed by atoms with Crippen molar-refractivity contribution in [1.82, 2.24) is 4.57 Å². The normalized spacial score (nSPS) is 15.3. The van der Waals surface area contributed by atoms with Crippen molar-refractivity contribution in [2.75, 3.05) is 4.90 Å². The Kier molecular flexibility index (Phi) is 5.41. The van der Waals surface area contributed by atoms with Gasteiger partial charge in [-0.3, -0.25) is 9.69 Å². The topological polar surface area (TPSA) is 25.2 Å². The molecule has 0 N–H and O–H groups in total. The number of rotatable bonds is 4. The standard InChI is InChI=1S/C26H19FN2OS2/c1-17-9-11-18(12-10-17)15-28-16-19(22-7-2-3-8-23(22)28)13-24-25(30)29(26(31)32-24)21-6-4-5-20(27)14-21/h2-14,16H,15H2,1H3/b24-13+. The number of carbonyl (C=O) groups excluding carboxylic acids is 1. The zero-order chi connectivity index (χ0) is 22.2. The van der Waals surface area contributed by atoms with E-state index in [2.05, 4.69) is 54.1 Å². The Bertz CT molecular complexity index is 1390. The largest absolute Gasteiger partial charge is 0.342 e. The van der Waals surface area contributed by atoms with Gasteiger partial charge in [-0.1, -0.05) is 78.1 Å². The molecule has 0 atom stereocenters. The Balaban J connectivity index is 1.52. The lowest BCUT2D eigenvalue weighted by molar-refractivity contribution is -0.113. The molecule has 0 bridgehead atoms. The highest BCUT2D eigenvalue weighted by atomic mass is 32.2. The van der Waals surface area contributed by atoms with Crippen LogP contribution >= 0.6 is 24.0 Å². The minimum atomic E-state index is -0.403. The lowest BCUT2D eigenvalue weighted by atomic mass is 10.1. The molecular weight excluding hydrogens is 439 g/mol. The van der Waals surface area contributed by atoms with Gasteiger partial charge in [0.15, 0.2) is 4.32 Å². The smallest absolute Gasteiger partial charge is 0.270 e. The van der Waals surface area contributed by atoms with Crippen molar-refractivity contribution >= 4 is 56.9 Å². The first-order chi connectivity index (χ1) is 15.5. The summed E-state index contributed by atoms with van der Waals surface area (Å²) in [5.41, 5.74) is 4.93. The van der Waals surface area contributed by atoms with Crippen molar-refractivity contribution in [3.05, 3.63) is 106 Å². The molecule has 158 valence electrons. The van der Waals surface area contributed by atoms with Gasteiger partial charge in [-0.05, 0) is 42.8 Å². The summed E-state index contributed by atoms with van der Waals surface area (Å²) in [7, 11) is 0. The van der Waals surface area contributed by atoms with Crippen LogP contribution in [-0.2, 0) is 11.3 Å². The first-order valence-corrected chi connectivity index (χ1v) is 11.4. The third-order valence-corrected chi connectivity index (χ3v) is 6.74. The second-order valence-electron chi connectivity index (χ2n) is 7.71. The van der Waals surface area contributed by atoms with Crippen LogP contribution in [0.15, 0.2) is 83.9 Å². The second kappa shape index (κ2) is 8.37. The Labute approximate surface area is 195 Å². The number of carbonyl (C=O) groups is 1. The first kappa shape index (κ1) is 20.7. The molecule has 1 aliphatic heterocycles. The van der Waals surface area contributed by atoms with E-state index in [0.717, 1.165) is 23.0 Å². The molecule has 1 saturated heterocycles. The number of nitrogens with zero attached hydrogens (tertiary/aromatic N) is 2. The van der Waals surface area contributed by atoms with Crippen LogP contribution in [0.4, 0.5) is 10.1 Å². The summed E-state index contributed by atoms with van der Waals surface area (Å²) in [6, 6.07) is 22.6. The van der Waals surface area contributed by atoms with Gasteiger partial charge in [0.25, 0.3) is 5.91 Å². The highest BCUT2D eigenvalue weighted by Crippen LogP contribution is 2.37. The number of thiocarbonyl (C=S) groups is 1. The Hall–Kier alpha value is -3.22.